The maximum atomic E-state index is 12.3. The van der Waals surface area contributed by atoms with Crippen molar-refractivity contribution in [3.63, 3.8) is 0 Å². The first-order valence-electron chi connectivity index (χ1n) is 6.78. The van der Waals surface area contributed by atoms with Crippen LogP contribution in [0.2, 0.25) is 0 Å². The van der Waals surface area contributed by atoms with Gasteiger partial charge in [-0.2, -0.15) is 0 Å². The Balaban J connectivity index is 0.00000110. The van der Waals surface area contributed by atoms with E-state index in [1.54, 1.807) is 11.1 Å². The van der Waals surface area contributed by atoms with Crippen molar-refractivity contribution in [3.05, 3.63) is 30.1 Å². The summed E-state index contributed by atoms with van der Waals surface area (Å²) in [4.78, 5) is 18.3. The van der Waals surface area contributed by atoms with Gasteiger partial charge in [-0.25, -0.2) is 0 Å². The number of ether oxygens (including phenoxy) is 1. The van der Waals surface area contributed by atoms with Crippen LogP contribution in [0.5, 0.6) is 0 Å². The van der Waals surface area contributed by atoms with E-state index >= 15 is 0 Å². The van der Waals surface area contributed by atoms with Gasteiger partial charge >= 0.3 is 0 Å². The fourth-order valence-electron chi connectivity index (χ4n) is 2.86. The number of rotatable bonds is 3. The number of pyridine rings is 1. The summed E-state index contributed by atoms with van der Waals surface area (Å²) in [5.41, 5.74) is 0.898. The first kappa shape index (κ1) is 18.2. The second-order valence-electron chi connectivity index (χ2n) is 5.26. The van der Waals surface area contributed by atoms with Crippen LogP contribution in [0.25, 0.3) is 0 Å². The predicted molar refractivity (Wildman–Crippen MR) is 84.9 cm³/mol. The van der Waals surface area contributed by atoms with E-state index < -0.39 is 0 Å². The van der Waals surface area contributed by atoms with Crippen molar-refractivity contribution in [1.29, 1.82) is 0 Å². The summed E-state index contributed by atoms with van der Waals surface area (Å²) in [7, 11) is 1.81. The molecular formula is C14H21Cl2N3O2. The molecule has 2 aliphatic heterocycles. The summed E-state index contributed by atoms with van der Waals surface area (Å²) >= 11 is 0. The molecule has 2 fully saturated rings. The number of nitrogens with one attached hydrogen (secondary N) is 1. The number of halogens is 2. The number of amides is 1. The number of fused-ring (bicyclic) bond motifs is 1. The standard InChI is InChI=1S/C14H19N3O2.2ClH/c1-17(9-10-4-2-3-6-15-10)14(18)13-8-11-12(19-13)5-7-16-11;;/h2-4,6,11-13,16H,5,7-9H2,1H3;2*1H/t11-,12-,13+;;/m1../s1. The SMILES string of the molecule is CN(Cc1ccccn1)C(=O)[C@@H]1C[C@H]2NCC[C@H]2O1.Cl.Cl. The minimum Gasteiger partial charge on any atom is -0.363 e. The van der Waals surface area contributed by atoms with Crippen molar-refractivity contribution in [2.45, 2.75) is 37.6 Å². The normalized spacial score (nSPS) is 26.4. The van der Waals surface area contributed by atoms with Crippen LogP contribution in [-0.4, -0.2) is 47.6 Å². The average Bonchev–Trinajstić information content (AvgIpc) is 2.99. The van der Waals surface area contributed by atoms with Crippen molar-refractivity contribution >= 4 is 30.7 Å². The van der Waals surface area contributed by atoms with Crippen molar-refractivity contribution in [2.75, 3.05) is 13.6 Å². The van der Waals surface area contributed by atoms with E-state index in [-0.39, 0.29) is 42.9 Å². The zero-order valence-corrected chi connectivity index (χ0v) is 13.5. The van der Waals surface area contributed by atoms with Crippen molar-refractivity contribution < 1.29 is 9.53 Å². The number of nitrogens with zero attached hydrogens (tertiary/aromatic N) is 2. The van der Waals surface area contributed by atoms with Crippen molar-refractivity contribution in [3.8, 4) is 0 Å². The van der Waals surface area contributed by atoms with E-state index in [1.807, 2.05) is 25.2 Å². The molecule has 0 radical (unpaired) electrons. The van der Waals surface area contributed by atoms with E-state index in [1.165, 1.54) is 0 Å². The van der Waals surface area contributed by atoms with Gasteiger partial charge in [0.05, 0.1) is 18.3 Å². The Kier molecular flexibility index (Phi) is 6.87. The predicted octanol–water partition coefficient (Wildman–Crippen LogP) is 1.40. The van der Waals surface area contributed by atoms with Crippen LogP contribution >= 0.6 is 24.8 Å². The molecule has 3 heterocycles. The minimum absolute atomic E-state index is 0. The van der Waals surface area contributed by atoms with Crippen LogP contribution in [0.1, 0.15) is 18.5 Å². The molecule has 21 heavy (non-hydrogen) atoms. The highest BCUT2D eigenvalue weighted by Gasteiger charge is 2.42. The Morgan fingerprint density at radius 3 is 2.95 bits per heavy atom. The molecule has 0 unspecified atom stereocenters. The molecule has 5 nitrogen and oxygen atoms in total. The van der Waals surface area contributed by atoms with E-state index in [2.05, 4.69) is 10.3 Å². The molecule has 1 amide bonds. The highest BCUT2D eigenvalue weighted by atomic mass is 35.5. The van der Waals surface area contributed by atoms with Crippen LogP contribution in [0.3, 0.4) is 0 Å². The third kappa shape index (κ3) is 4.07. The summed E-state index contributed by atoms with van der Waals surface area (Å²) in [6, 6.07) is 6.09. The number of carbonyl (C=O) groups is 1. The van der Waals surface area contributed by atoms with Gasteiger partial charge in [-0.15, -0.1) is 24.8 Å². The van der Waals surface area contributed by atoms with E-state index in [0.717, 1.165) is 25.1 Å². The second-order valence-corrected chi connectivity index (χ2v) is 5.26. The number of hydrogen-bond donors (Lipinski definition) is 1. The molecule has 7 heteroatoms. The largest absolute Gasteiger partial charge is 0.363 e. The number of likely N-dealkylation sites (N-methyl/N-ethyl adjacent to an activating group) is 1. The van der Waals surface area contributed by atoms with Crippen LogP contribution < -0.4 is 5.32 Å². The molecule has 0 saturated carbocycles. The zero-order chi connectivity index (χ0) is 13.2. The first-order chi connectivity index (χ1) is 9.24. The van der Waals surface area contributed by atoms with Gasteiger partial charge in [0.1, 0.15) is 6.10 Å². The van der Waals surface area contributed by atoms with Gasteiger partial charge in [0.25, 0.3) is 5.91 Å². The average molecular weight is 334 g/mol. The third-order valence-corrected chi connectivity index (χ3v) is 3.87. The molecule has 2 aliphatic rings. The quantitative estimate of drug-likeness (QED) is 0.908. The van der Waals surface area contributed by atoms with E-state index in [9.17, 15) is 4.79 Å². The molecule has 0 bridgehead atoms. The molecule has 0 spiro atoms. The third-order valence-electron chi connectivity index (χ3n) is 3.87. The molecule has 3 rings (SSSR count). The topological polar surface area (TPSA) is 54.5 Å². The van der Waals surface area contributed by atoms with E-state index in [0.29, 0.717) is 12.6 Å². The monoisotopic (exact) mass is 333 g/mol. The van der Waals surface area contributed by atoms with Crippen LogP contribution in [0, 0.1) is 0 Å². The summed E-state index contributed by atoms with van der Waals surface area (Å²) < 4.78 is 5.83. The van der Waals surface area contributed by atoms with Gasteiger partial charge in [-0.3, -0.25) is 9.78 Å². The maximum Gasteiger partial charge on any atom is 0.251 e. The lowest BCUT2D eigenvalue weighted by Gasteiger charge is -2.21. The molecule has 1 N–H and O–H groups in total. The van der Waals surface area contributed by atoms with Gasteiger partial charge in [-0.05, 0) is 25.1 Å². The Morgan fingerprint density at radius 2 is 2.29 bits per heavy atom. The Hall–Kier alpha value is -0.880. The van der Waals surface area contributed by atoms with Crippen LogP contribution in [0.4, 0.5) is 0 Å². The maximum absolute atomic E-state index is 12.3. The fraction of sp³-hybridized carbons (Fsp3) is 0.571. The summed E-state index contributed by atoms with van der Waals surface area (Å²) in [6.45, 7) is 1.53. The fourth-order valence-corrected chi connectivity index (χ4v) is 2.86. The van der Waals surface area contributed by atoms with E-state index in [4.69, 9.17) is 4.74 Å². The number of aromatic nitrogens is 1. The smallest absolute Gasteiger partial charge is 0.251 e. The van der Waals surface area contributed by atoms with Gasteiger partial charge in [-0.1, -0.05) is 6.07 Å². The van der Waals surface area contributed by atoms with Gasteiger partial charge < -0.3 is 15.0 Å². The van der Waals surface area contributed by atoms with Gasteiger partial charge in [0.2, 0.25) is 0 Å². The molecular weight excluding hydrogens is 313 g/mol. The molecule has 1 aromatic heterocycles. The second kappa shape index (κ2) is 7.94. The Labute approximate surface area is 137 Å². The lowest BCUT2D eigenvalue weighted by Crippen LogP contribution is -2.37. The number of carbonyl (C=O) groups excluding carboxylic acids is 1. The molecule has 118 valence electrons. The van der Waals surface area contributed by atoms with Gasteiger partial charge in [0, 0.05) is 25.7 Å². The lowest BCUT2D eigenvalue weighted by atomic mass is 10.1. The highest BCUT2D eigenvalue weighted by Crippen LogP contribution is 2.27. The molecule has 0 aromatic carbocycles. The van der Waals surface area contributed by atoms with Crippen molar-refractivity contribution in [2.24, 2.45) is 0 Å². The van der Waals surface area contributed by atoms with Gasteiger partial charge in [0.15, 0.2) is 0 Å². The first-order valence-corrected chi connectivity index (χ1v) is 6.78. The Bertz CT molecular complexity index is 449. The summed E-state index contributed by atoms with van der Waals surface area (Å²) in [5.74, 6) is 0.0573. The molecule has 2 saturated heterocycles. The molecule has 0 aliphatic carbocycles. The van der Waals surface area contributed by atoms with Crippen LogP contribution in [0.15, 0.2) is 24.4 Å². The highest BCUT2D eigenvalue weighted by molar-refractivity contribution is 5.85. The summed E-state index contributed by atoms with van der Waals surface area (Å²) in [6.07, 6.45) is 3.47. The van der Waals surface area contributed by atoms with Crippen LogP contribution in [-0.2, 0) is 16.1 Å². The minimum atomic E-state index is -0.295. The van der Waals surface area contributed by atoms with Crippen molar-refractivity contribution in [1.82, 2.24) is 15.2 Å². The number of hydrogen-bond acceptors (Lipinski definition) is 4. The Morgan fingerprint density at radius 1 is 1.48 bits per heavy atom. The molecule has 3 atom stereocenters. The summed E-state index contributed by atoms with van der Waals surface area (Å²) in [5, 5.41) is 3.38. The zero-order valence-electron chi connectivity index (χ0n) is 11.9. The molecule has 1 aromatic rings. The lowest BCUT2D eigenvalue weighted by molar-refractivity contribution is -0.142.